The summed E-state index contributed by atoms with van der Waals surface area (Å²) in [6.45, 7) is 6.67. The third kappa shape index (κ3) is 29.9. The molecule has 0 radical (unpaired) electrons. The number of carboxylic acids is 2. The van der Waals surface area contributed by atoms with Crippen molar-refractivity contribution in [2.24, 2.45) is 0 Å². The van der Waals surface area contributed by atoms with Gasteiger partial charge in [-0.2, -0.15) is 0 Å². The van der Waals surface area contributed by atoms with Crippen LogP contribution in [0.1, 0.15) is 97.3 Å². The van der Waals surface area contributed by atoms with Crippen molar-refractivity contribution in [3.05, 3.63) is 24.3 Å². The van der Waals surface area contributed by atoms with Crippen molar-refractivity contribution in [2.75, 3.05) is 0 Å². The first-order valence-electron chi connectivity index (χ1n) is 10.2. The maximum atomic E-state index is 10.2. The van der Waals surface area contributed by atoms with Crippen LogP contribution >= 0.6 is 0 Å². The molecule has 0 saturated carbocycles. The van der Waals surface area contributed by atoms with E-state index in [1.165, 1.54) is 26.2 Å². The van der Waals surface area contributed by atoms with Gasteiger partial charge in [-0.15, -0.1) is 0 Å². The molecule has 0 saturated heterocycles. The Morgan fingerprint density at radius 2 is 1.50 bits per heavy atom. The summed E-state index contributed by atoms with van der Waals surface area (Å²) >= 11 is 0. The third-order valence-electron chi connectivity index (χ3n) is 4.07. The fourth-order valence-electron chi connectivity index (χ4n) is 2.36. The third-order valence-corrected chi connectivity index (χ3v) is 4.07. The van der Waals surface area contributed by atoms with Crippen molar-refractivity contribution in [1.29, 1.82) is 0 Å². The zero-order valence-electron chi connectivity index (χ0n) is 17.9. The van der Waals surface area contributed by atoms with Crippen molar-refractivity contribution >= 4 is 35.0 Å². The van der Waals surface area contributed by atoms with Gasteiger partial charge in [0.1, 0.15) is 0 Å². The quantitative estimate of drug-likeness (QED) is 0.184. The second kappa shape index (κ2) is 24.2. The van der Waals surface area contributed by atoms with Crippen LogP contribution in [0.5, 0.6) is 0 Å². The van der Waals surface area contributed by atoms with Gasteiger partial charge in [-0.1, -0.05) is 70.6 Å². The van der Waals surface area contributed by atoms with Gasteiger partial charge in [-0.05, 0) is 51.0 Å². The zero-order chi connectivity index (χ0) is 20.9. The monoisotopic (exact) mass is 406 g/mol. The standard InChI is InChI=1S/C18H34O3.C4H6O2.Mg/c1-2-3-4-11-14-17(19)15-12-9-7-5-6-8-10-13-16-18(20)21;1-3(2)4(5)6;/h9,12,17,19H,2-8,10-11,13-16H2,1H3,(H,20,21);1H2,2H3,(H,5,6);/q;;+2/p-2/b12-9-;;/t17-;;/m1../s1. The van der Waals surface area contributed by atoms with Crippen molar-refractivity contribution in [3.63, 3.8) is 0 Å². The van der Waals surface area contributed by atoms with Gasteiger partial charge in [0.25, 0.3) is 0 Å². The predicted octanol–water partition coefficient (Wildman–Crippen LogP) is 2.68. The number of aliphatic hydroxyl groups is 1. The molecule has 0 rings (SSSR count). The second-order valence-corrected chi connectivity index (χ2v) is 6.96. The predicted molar refractivity (Wildman–Crippen MR) is 111 cm³/mol. The molecule has 0 aromatic rings. The SMILES string of the molecule is C=C(C)C(=O)[O-].CCCCCC[C@@H](O)C/C=C\CCCCCCCC(=O)[O-].[Mg+2]. The Bertz CT molecular complexity index is 409. The molecule has 0 aromatic heterocycles. The molecule has 0 unspecified atom stereocenters. The van der Waals surface area contributed by atoms with Crippen LogP contribution in [0.3, 0.4) is 0 Å². The number of aliphatic carboxylic acids is 2. The maximum absolute atomic E-state index is 10.2. The Morgan fingerprint density at radius 3 is 2.04 bits per heavy atom. The van der Waals surface area contributed by atoms with Gasteiger partial charge in [0.15, 0.2) is 0 Å². The summed E-state index contributed by atoms with van der Waals surface area (Å²) in [4.78, 5) is 19.7. The molecule has 158 valence electrons. The van der Waals surface area contributed by atoms with E-state index in [9.17, 15) is 24.9 Å². The molecule has 6 heteroatoms. The van der Waals surface area contributed by atoms with Gasteiger partial charge in [-0.3, -0.25) is 0 Å². The number of allylic oxidation sites excluding steroid dienone is 1. The van der Waals surface area contributed by atoms with Gasteiger partial charge in [0.2, 0.25) is 0 Å². The molecular weight excluding hydrogens is 369 g/mol. The Balaban J connectivity index is -0.000000771. The molecule has 0 bridgehead atoms. The molecule has 5 nitrogen and oxygen atoms in total. The normalized spacial score (nSPS) is 11.2. The van der Waals surface area contributed by atoms with Crippen molar-refractivity contribution in [1.82, 2.24) is 0 Å². The molecule has 28 heavy (non-hydrogen) atoms. The Hall–Kier alpha value is -0.854. The van der Waals surface area contributed by atoms with Crippen molar-refractivity contribution in [2.45, 2.75) is 103 Å². The summed E-state index contributed by atoms with van der Waals surface area (Å²) < 4.78 is 0. The second-order valence-electron chi connectivity index (χ2n) is 6.96. The molecule has 0 aliphatic heterocycles. The fraction of sp³-hybridized carbons (Fsp3) is 0.727. The summed E-state index contributed by atoms with van der Waals surface area (Å²) in [5.74, 6) is -2.12. The molecule has 0 aliphatic carbocycles. The molecule has 0 spiro atoms. The topological polar surface area (TPSA) is 100 Å². The molecule has 1 atom stereocenters. The van der Waals surface area contributed by atoms with Gasteiger partial charge in [0, 0.05) is 5.97 Å². The number of rotatable bonds is 16. The van der Waals surface area contributed by atoms with E-state index < -0.39 is 11.9 Å². The minimum Gasteiger partial charge on any atom is -0.550 e. The largest absolute Gasteiger partial charge is 2.00 e. The van der Waals surface area contributed by atoms with Crippen molar-refractivity contribution < 1.29 is 24.9 Å². The Morgan fingerprint density at radius 1 is 0.964 bits per heavy atom. The van der Waals surface area contributed by atoms with Crippen LogP contribution < -0.4 is 10.2 Å². The average Bonchev–Trinajstić information content (AvgIpc) is 2.60. The fourth-order valence-corrected chi connectivity index (χ4v) is 2.36. The molecule has 0 amide bonds. The molecule has 0 fully saturated rings. The van der Waals surface area contributed by atoms with Crippen LogP contribution in [-0.4, -0.2) is 46.2 Å². The van der Waals surface area contributed by atoms with Gasteiger partial charge in [-0.25, -0.2) is 0 Å². The minimum absolute atomic E-state index is 0. The summed E-state index contributed by atoms with van der Waals surface area (Å²) in [6, 6.07) is 0. The van der Waals surface area contributed by atoms with Crippen LogP contribution in [0.15, 0.2) is 24.3 Å². The maximum Gasteiger partial charge on any atom is 2.00 e. The molecule has 1 N–H and O–H groups in total. The first-order valence-corrected chi connectivity index (χ1v) is 10.2. The number of aliphatic hydroxyl groups excluding tert-OH is 1. The average molecular weight is 407 g/mol. The first kappa shape index (κ1) is 31.8. The van der Waals surface area contributed by atoms with E-state index in [0.29, 0.717) is 0 Å². The number of carbonyl (C=O) groups excluding carboxylic acids is 2. The number of carboxylic acid groups (broad SMARTS) is 2. The molecular formula is C22H38MgO5. The van der Waals surface area contributed by atoms with Crippen molar-refractivity contribution in [3.8, 4) is 0 Å². The van der Waals surface area contributed by atoms with E-state index in [-0.39, 0.29) is 41.2 Å². The zero-order valence-corrected chi connectivity index (χ0v) is 19.3. The summed E-state index contributed by atoms with van der Waals surface area (Å²) in [5, 5.41) is 29.5. The number of hydrogen-bond donors (Lipinski definition) is 1. The van der Waals surface area contributed by atoms with E-state index in [0.717, 1.165) is 57.8 Å². The molecule has 0 aliphatic rings. The first-order chi connectivity index (χ1) is 12.8. The Kier molecular flexibility index (Phi) is 27.5. The van der Waals surface area contributed by atoms with Crippen LogP contribution in [-0.2, 0) is 9.59 Å². The number of unbranched alkanes of at least 4 members (excludes halogenated alkanes) is 8. The van der Waals surface area contributed by atoms with Crippen LogP contribution in [0, 0.1) is 0 Å². The van der Waals surface area contributed by atoms with Gasteiger partial charge >= 0.3 is 23.1 Å². The summed E-state index contributed by atoms with van der Waals surface area (Å²) in [6.07, 6.45) is 17.0. The summed E-state index contributed by atoms with van der Waals surface area (Å²) in [7, 11) is 0. The number of hydrogen-bond acceptors (Lipinski definition) is 5. The van der Waals surface area contributed by atoms with Gasteiger partial charge < -0.3 is 24.9 Å². The smallest absolute Gasteiger partial charge is 0.550 e. The van der Waals surface area contributed by atoms with Crippen LogP contribution in [0.4, 0.5) is 0 Å². The van der Waals surface area contributed by atoms with E-state index in [2.05, 4.69) is 25.7 Å². The van der Waals surface area contributed by atoms with E-state index in [1.54, 1.807) is 0 Å². The van der Waals surface area contributed by atoms with E-state index in [4.69, 9.17) is 0 Å². The minimum atomic E-state index is -1.19. The molecule has 0 heterocycles. The summed E-state index contributed by atoms with van der Waals surface area (Å²) in [5.41, 5.74) is 0.0648. The molecule has 0 aromatic carbocycles. The Labute approximate surface area is 187 Å². The van der Waals surface area contributed by atoms with E-state index in [1.807, 2.05) is 0 Å². The van der Waals surface area contributed by atoms with Gasteiger partial charge in [0.05, 0.1) is 12.1 Å². The van der Waals surface area contributed by atoms with Crippen LogP contribution in [0.2, 0.25) is 0 Å². The van der Waals surface area contributed by atoms with Crippen LogP contribution in [0.25, 0.3) is 0 Å². The van der Waals surface area contributed by atoms with E-state index >= 15 is 0 Å². The number of carbonyl (C=O) groups is 2.